The Morgan fingerprint density at radius 1 is 1.35 bits per heavy atom. The first-order valence-electron chi connectivity index (χ1n) is 6.03. The molecule has 1 fully saturated rings. The van der Waals surface area contributed by atoms with Gasteiger partial charge >= 0.3 is 0 Å². The van der Waals surface area contributed by atoms with Gasteiger partial charge in [0, 0.05) is 5.56 Å². The monoisotopic (exact) mass is 255 g/mol. The summed E-state index contributed by atoms with van der Waals surface area (Å²) in [6.07, 6.45) is 6.93. The summed E-state index contributed by atoms with van der Waals surface area (Å²) >= 11 is 5.97. The highest BCUT2D eigenvalue weighted by atomic mass is 35.5. The molecule has 1 aromatic rings. The van der Waals surface area contributed by atoms with E-state index in [2.05, 4.69) is 15.3 Å². The van der Waals surface area contributed by atoms with Crippen molar-refractivity contribution in [2.24, 2.45) is 0 Å². The second-order valence-corrected chi connectivity index (χ2v) is 5.12. The number of anilines is 1. The third-order valence-electron chi connectivity index (χ3n) is 3.52. The average Bonchev–Trinajstić information content (AvgIpc) is 2.36. The number of hydrogen-bond donors (Lipinski definition) is 2. The molecule has 0 aliphatic heterocycles. The molecule has 0 bridgehead atoms. The van der Waals surface area contributed by atoms with Crippen LogP contribution in [0.3, 0.4) is 0 Å². The Hall–Kier alpha value is -0.870. The Labute approximate surface area is 106 Å². The van der Waals surface area contributed by atoms with Crippen molar-refractivity contribution in [3.05, 3.63) is 17.0 Å². The fraction of sp³-hybridized carbons (Fsp3) is 0.667. The molecule has 1 aliphatic carbocycles. The zero-order valence-corrected chi connectivity index (χ0v) is 10.8. The van der Waals surface area contributed by atoms with Crippen molar-refractivity contribution in [3.63, 3.8) is 0 Å². The van der Waals surface area contributed by atoms with Crippen molar-refractivity contribution >= 4 is 17.4 Å². The maximum absolute atomic E-state index is 9.62. The van der Waals surface area contributed by atoms with Gasteiger partial charge in [0.15, 0.2) is 0 Å². The van der Waals surface area contributed by atoms with Crippen LogP contribution in [0.1, 0.15) is 37.7 Å². The summed E-state index contributed by atoms with van der Waals surface area (Å²) in [5.41, 5.74) is 0.605. The van der Waals surface area contributed by atoms with Crippen molar-refractivity contribution in [3.8, 4) is 0 Å². The summed E-state index contributed by atoms with van der Waals surface area (Å²) in [7, 11) is 0. The standard InChI is InChI=1S/C12H18ClN3O/c1-9-10(13)14-8-15-11(9)16-12(7-17)5-3-2-4-6-12/h8,17H,2-7H2,1H3,(H,14,15,16). The van der Waals surface area contributed by atoms with Crippen LogP contribution in [-0.4, -0.2) is 27.2 Å². The van der Waals surface area contributed by atoms with Gasteiger partial charge in [-0.1, -0.05) is 30.9 Å². The molecule has 0 unspecified atom stereocenters. The van der Waals surface area contributed by atoms with Crippen LogP contribution in [-0.2, 0) is 0 Å². The van der Waals surface area contributed by atoms with Crippen LogP contribution in [0.2, 0.25) is 5.15 Å². The predicted octanol–water partition coefficient (Wildman–Crippen LogP) is 2.55. The molecule has 1 heterocycles. The van der Waals surface area contributed by atoms with Crippen LogP contribution >= 0.6 is 11.6 Å². The molecule has 1 saturated carbocycles. The minimum absolute atomic E-state index is 0.133. The molecule has 0 radical (unpaired) electrons. The topological polar surface area (TPSA) is 58.0 Å². The molecule has 0 atom stereocenters. The van der Waals surface area contributed by atoms with Crippen LogP contribution in [0, 0.1) is 6.92 Å². The minimum atomic E-state index is -0.235. The van der Waals surface area contributed by atoms with Crippen LogP contribution in [0.5, 0.6) is 0 Å². The van der Waals surface area contributed by atoms with Crippen LogP contribution < -0.4 is 5.32 Å². The maximum Gasteiger partial charge on any atom is 0.137 e. The van der Waals surface area contributed by atoms with E-state index >= 15 is 0 Å². The van der Waals surface area contributed by atoms with Gasteiger partial charge in [0.2, 0.25) is 0 Å². The van der Waals surface area contributed by atoms with E-state index in [0.29, 0.717) is 5.15 Å². The van der Waals surface area contributed by atoms with Gasteiger partial charge in [-0.15, -0.1) is 0 Å². The zero-order valence-electron chi connectivity index (χ0n) is 10.0. The van der Waals surface area contributed by atoms with Gasteiger partial charge in [-0.3, -0.25) is 0 Å². The lowest BCUT2D eigenvalue weighted by molar-refractivity contribution is 0.172. The summed E-state index contributed by atoms with van der Waals surface area (Å²) in [6.45, 7) is 2.02. The first-order chi connectivity index (χ1) is 8.17. The second kappa shape index (κ2) is 5.19. The van der Waals surface area contributed by atoms with E-state index in [1.807, 2.05) is 6.92 Å². The van der Waals surface area contributed by atoms with E-state index in [0.717, 1.165) is 37.1 Å². The number of halogens is 1. The van der Waals surface area contributed by atoms with Gasteiger partial charge in [0.05, 0.1) is 12.1 Å². The van der Waals surface area contributed by atoms with Gasteiger partial charge in [0.1, 0.15) is 17.3 Å². The molecule has 0 amide bonds. The van der Waals surface area contributed by atoms with Crippen molar-refractivity contribution in [2.75, 3.05) is 11.9 Å². The van der Waals surface area contributed by atoms with Gasteiger partial charge < -0.3 is 10.4 Å². The molecule has 0 saturated heterocycles. The maximum atomic E-state index is 9.62. The summed E-state index contributed by atoms with van der Waals surface area (Å²) in [6, 6.07) is 0. The van der Waals surface area contributed by atoms with E-state index in [1.165, 1.54) is 12.7 Å². The molecule has 2 N–H and O–H groups in total. The van der Waals surface area contributed by atoms with Gasteiger partial charge in [0.25, 0.3) is 0 Å². The fourth-order valence-corrected chi connectivity index (χ4v) is 2.49. The van der Waals surface area contributed by atoms with Crippen molar-refractivity contribution < 1.29 is 5.11 Å². The molecule has 1 aliphatic rings. The molecule has 0 spiro atoms. The summed E-state index contributed by atoms with van der Waals surface area (Å²) in [5, 5.41) is 13.5. The first-order valence-corrected chi connectivity index (χ1v) is 6.41. The van der Waals surface area contributed by atoms with Crippen LogP contribution in [0.15, 0.2) is 6.33 Å². The quantitative estimate of drug-likeness (QED) is 0.815. The van der Waals surface area contributed by atoms with Crippen LogP contribution in [0.25, 0.3) is 0 Å². The van der Waals surface area contributed by atoms with Crippen molar-refractivity contribution in [1.29, 1.82) is 0 Å². The second-order valence-electron chi connectivity index (χ2n) is 4.76. The number of nitrogens with zero attached hydrogens (tertiary/aromatic N) is 2. The number of aromatic nitrogens is 2. The van der Waals surface area contributed by atoms with Gasteiger partial charge in [-0.2, -0.15) is 0 Å². The Kier molecular flexibility index (Phi) is 3.84. The molecule has 2 rings (SSSR count). The first kappa shape index (κ1) is 12.6. The lowest BCUT2D eigenvalue weighted by Crippen LogP contribution is -2.44. The lowest BCUT2D eigenvalue weighted by Gasteiger charge is -2.37. The third kappa shape index (κ3) is 2.69. The zero-order chi connectivity index (χ0) is 12.3. The highest BCUT2D eigenvalue weighted by Gasteiger charge is 2.32. The fourth-order valence-electron chi connectivity index (χ4n) is 2.36. The highest BCUT2D eigenvalue weighted by Crippen LogP contribution is 2.32. The van der Waals surface area contributed by atoms with E-state index < -0.39 is 0 Å². The molecule has 4 nitrogen and oxygen atoms in total. The van der Waals surface area contributed by atoms with E-state index in [-0.39, 0.29) is 12.1 Å². The summed E-state index contributed by atoms with van der Waals surface area (Å²) in [5.74, 6) is 0.737. The number of aliphatic hydroxyl groups is 1. The molecular weight excluding hydrogens is 238 g/mol. The predicted molar refractivity (Wildman–Crippen MR) is 68.3 cm³/mol. The van der Waals surface area contributed by atoms with Crippen molar-refractivity contribution in [1.82, 2.24) is 9.97 Å². The van der Waals surface area contributed by atoms with Crippen molar-refractivity contribution in [2.45, 2.75) is 44.6 Å². The molecule has 94 valence electrons. The normalized spacial score (nSPS) is 19.0. The largest absolute Gasteiger partial charge is 0.394 e. The number of aliphatic hydroxyl groups excluding tert-OH is 1. The SMILES string of the molecule is Cc1c(Cl)ncnc1NC1(CO)CCCCC1. The summed E-state index contributed by atoms with van der Waals surface area (Å²) < 4.78 is 0. The lowest BCUT2D eigenvalue weighted by atomic mass is 9.82. The Balaban J connectivity index is 2.20. The number of rotatable bonds is 3. The van der Waals surface area contributed by atoms with E-state index in [9.17, 15) is 5.11 Å². The van der Waals surface area contributed by atoms with Gasteiger partial charge in [-0.25, -0.2) is 9.97 Å². The number of nitrogens with one attached hydrogen (secondary N) is 1. The third-order valence-corrected chi connectivity index (χ3v) is 3.90. The molecule has 0 aromatic carbocycles. The minimum Gasteiger partial charge on any atom is -0.394 e. The Morgan fingerprint density at radius 3 is 2.71 bits per heavy atom. The van der Waals surface area contributed by atoms with E-state index in [1.54, 1.807) is 0 Å². The van der Waals surface area contributed by atoms with Gasteiger partial charge in [-0.05, 0) is 19.8 Å². The molecule has 5 heteroatoms. The average molecular weight is 256 g/mol. The smallest absolute Gasteiger partial charge is 0.137 e. The number of hydrogen-bond acceptors (Lipinski definition) is 4. The Bertz CT molecular complexity index is 391. The Morgan fingerprint density at radius 2 is 2.06 bits per heavy atom. The van der Waals surface area contributed by atoms with Crippen LogP contribution in [0.4, 0.5) is 5.82 Å². The molecular formula is C12H18ClN3O. The molecule has 17 heavy (non-hydrogen) atoms. The summed E-state index contributed by atoms with van der Waals surface area (Å²) in [4.78, 5) is 8.14. The molecule has 1 aromatic heterocycles. The van der Waals surface area contributed by atoms with E-state index in [4.69, 9.17) is 11.6 Å². The highest BCUT2D eigenvalue weighted by molar-refractivity contribution is 6.30.